The second-order valence-corrected chi connectivity index (χ2v) is 7.55. The van der Waals surface area contributed by atoms with Gasteiger partial charge in [-0.3, -0.25) is 9.59 Å². The van der Waals surface area contributed by atoms with E-state index in [1.807, 2.05) is 0 Å². The summed E-state index contributed by atoms with van der Waals surface area (Å²) in [6.07, 6.45) is 1.52. The van der Waals surface area contributed by atoms with Crippen LogP contribution in [0.15, 0.2) is 51.2 Å². The van der Waals surface area contributed by atoms with E-state index in [2.05, 4.69) is 20.8 Å². The normalized spacial score (nSPS) is 18.6. The van der Waals surface area contributed by atoms with Crippen LogP contribution in [0, 0.1) is 0 Å². The maximum atomic E-state index is 12.2. The van der Waals surface area contributed by atoms with Crippen molar-refractivity contribution in [1.29, 1.82) is 0 Å². The molecule has 0 bridgehead atoms. The highest BCUT2D eigenvalue weighted by Gasteiger charge is 2.32. The Morgan fingerprint density at radius 3 is 2.85 bits per heavy atom. The van der Waals surface area contributed by atoms with Gasteiger partial charge in [0, 0.05) is 12.1 Å². The number of nitrogens with one attached hydrogen (secondary N) is 2. The molecule has 7 nitrogen and oxygen atoms in total. The molecule has 1 aliphatic rings. The largest absolute Gasteiger partial charge is 0.463 e. The van der Waals surface area contributed by atoms with Gasteiger partial charge in [-0.15, -0.1) is 10.2 Å². The molecule has 1 fully saturated rings. The van der Waals surface area contributed by atoms with Crippen LogP contribution in [0.25, 0.3) is 0 Å². The summed E-state index contributed by atoms with van der Waals surface area (Å²) in [5.41, 5.74) is 1.08. The molecule has 0 radical (unpaired) electrons. The van der Waals surface area contributed by atoms with Crippen LogP contribution < -0.4 is 10.6 Å². The number of carbonyl (C=O) groups is 2. The Bertz CT molecular complexity index is 928. The summed E-state index contributed by atoms with van der Waals surface area (Å²) < 4.78 is 5.21. The highest BCUT2D eigenvalue weighted by atomic mass is 35.5. The fraction of sp³-hybridized carbons (Fsp3) is 0.176. The summed E-state index contributed by atoms with van der Waals surface area (Å²) in [5, 5.41) is 13.8. The average molecular weight is 425 g/mol. The van der Waals surface area contributed by atoms with E-state index in [1.54, 1.807) is 37.3 Å². The van der Waals surface area contributed by atoms with Crippen molar-refractivity contribution in [3.63, 3.8) is 0 Å². The van der Waals surface area contributed by atoms with Crippen molar-refractivity contribution in [2.24, 2.45) is 10.2 Å². The second kappa shape index (κ2) is 8.60. The van der Waals surface area contributed by atoms with Gasteiger partial charge in [0.1, 0.15) is 16.7 Å². The van der Waals surface area contributed by atoms with Crippen molar-refractivity contribution in [1.82, 2.24) is 5.32 Å². The first kappa shape index (κ1) is 19.5. The third-order valence-corrected chi connectivity index (χ3v) is 5.33. The molecule has 0 aliphatic carbocycles. The van der Waals surface area contributed by atoms with Crippen LogP contribution in [0.3, 0.4) is 0 Å². The second-order valence-electron chi connectivity index (χ2n) is 5.54. The van der Waals surface area contributed by atoms with Crippen LogP contribution in [0.4, 0.5) is 5.69 Å². The number of anilines is 1. The van der Waals surface area contributed by atoms with E-state index in [1.165, 1.54) is 6.26 Å². The number of furan rings is 1. The van der Waals surface area contributed by atoms with Gasteiger partial charge in [-0.1, -0.05) is 35.0 Å². The predicted octanol–water partition coefficient (Wildman–Crippen LogP) is 3.93. The highest BCUT2D eigenvalue weighted by Crippen LogP contribution is 2.26. The van der Waals surface area contributed by atoms with E-state index < -0.39 is 5.25 Å². The van der Waals surface area contributed by atoms with Crippen molar-refractivity contribution in [2.75, 3.05) is 5.32 Å². The molecule has 10 heteroatoms. The first-order chi connectivity index (χ1) is 12.9. The lowest BCUT2D eigenvalue weighted by atomic mass is 10.2. The Morgan fingerprint density at radius 2 is 2.15 bits per heavy atom. The van der Waals surface area contributed by atoms with Gasteiger partial charge in [0.2, 0.25) is 11.8 Å². The molecule has 2 N–H and O–H groups in total. The molecule has 1 aromatic heterocycles. The molecule has 1 aliphatic heterocycles. The minimum atomic E-state index is -0.592. The van der Waals surface area contributed by atoms with Gasteiger partial charge in [-0.2, -0.15) is 0 Å². The van der Waals surface area contributed by atoms with E-state index >= 15 is 0 Å². The van der Waals surface area contributed by atoms with Crippen LogP contribution in [-0.2, 0) is 9.59 Å². The SMILES string of the molecule is C/C(=N/N=C1\NC(=O)[C@H](CC(=O)Nc2ccc(Cl)c(Cl)c2)S1)c1ccco1. The number of halogens is 2. The van der Waals surface area contributed by atoms with Crippen LogP contribution in [0.5, 0.6) is 0 Å². The van der Waals surface area contributed by atoms with E-state index in [4.69, 9.17) is 27.6 Å². The topological polar surface area (TPSA) is 96.1 Å². The van der Waals surface area contributed by atoms with Gasteiger partial charge in [0.05, 0.1) is 16.3 Å². The minimum Gasteiger partial charge on any atom is -0.463 e. The molecular weight excluding hydrogens is 411 g/mol. The lowest BCUT2D eigenvalue weighted by Gasteiger charge is -2.08. The highest BCUT2D eigenvalue weighted by molar-refractivity contribution is 8.15. The monoisotopic (exact) mass is 424 g/mol. The molecule has 140 valence electrons. The number of amides is 2. The lowest BCUT2D eigenvalue weighted by molar-refractivity contribution is -0.122. The molecule has 27 heavy (non-hydrogen) atoms. The maximum absolute atomic E-state index is 12.2. The van der Waals surface area contributed by atoms with E-state index in [0.29, 0.717) is 32.4 Å². The smallest absolute Gasteiger partial charge is 0.240 e. The van der Waals surface area contributed by atoms with Gasteiger partial charge >= 0.3 is 0 Å². The van der Waals surface area contributed by atoms with Gasteiger partial charge in [0.15, 0.2) is 5.17 Å². The van der Waals surface area contributed by atoms with Gasteiger partial charge in [-0.25, -0.2) is 0 Å². The fourth-order valence-electron chi connectivity index (χ4n) is 2.19. The van der Waals surface area contributed by atoms with Crippen molar-refractivity contribution in [3.8, 4) is 0 Å². The Labute approximate surface area is 169 Å². The Kier molecular flexibility index (Phi) is 6.20. The summed E-state index contributed by atoms with van der Waals surface area (Å²) in [6.45, 7) is 1.74. The first-order valence-corrected chi connectivity index (χ1v) is 9.44. The lowest BCUT2D eigenvalue weighted by Crippen LogP contribution is -2.28. The Morgan fingerprint density at radius 1 is 1.33 bits per heavy atom. The van der Waals surface area contributed by atoms with Gasteiger partial charge in [-0.05, 0) is 37.3 Å². The molecule has 1 saturated heterocycles. The number of nitrogens with zero attached hydrogens (tertiary/aromatic N) is 2. The summed E-state index contributed by atoms with van der Waals surface area (Å²) in [4.78, 5) is 24.2. The summed E-state index contributed by atoms with van der Waals surface area (Å²) in [7, 11) is 0. The molecule has 3 rings (SSSR count). The zero-order chi connectivity index (χ0) is 19.4. The molecular formula is C17H14Cl2N4O3S. The van der Waals surface area contributed by atoms with E-state index in [-0.39, 0.29) is 18.2 Å². The third kappa shape index (κ3) is 5.12. The average Bonchev–Trinajstić information content (AvgIpc) is 3.27. The van der Waals surface area contributed by atoms with Crippen LogP contribution >= 0.6 is 35.0 Å². The van der Waals surface area contributed by atoms with Crippen LogP contribution in [0.2, 0.25) is 10.0 Å². The van der Waals surface area contributed by atoms with E-state index in [0.717, 1.165) is 11.8 Å². The van der Waals surface area contributed by atoms with Gasteiger partial charge < -0.3 is 15.1 Å². The number of amidine groups is 1. The zero-order valence-corrected chi connectivity index (χ0v) is 16.4. The molecule has 2 heterocycles. The summed E-state index contributed by atoms with van der Waals surface area (Å²) in [6, 6.07) is 8.27. The quantitative estimate of drug-likeness (QED) is 0.561. The number of benzene rings is 1. The fourth-order valence-corrected chi connectivity index (χ4v) is 3.41. The van der Waals surface area contributed by atoms with Crippen LogP contribution in [0.1, 0.15) is 19.1 Å². The number of hydrogen-bond acceptors (Lipinski definition) is 6. The standard InChI is InChI=1S/C17H14Cl2N4O3S/c1-9(13-3-2-6-26-13)22-23-17-21-16(25)14(27-17)8-15(24)20-10-4-5-11(18)12(19)7-10/h2-7,14H,8H2,1H3,(H,20,24)(H,21,23,25)/b22-9-/t14-/m0/s1. The van der Waals surface area contributed by atoms with Crippen molar-refractivity contribution < 1.29 is 14.0 Å². The Hall–Kier alpha value is -2.29. The third-order valence-electron chi connectivity index (χ3n) is 3.52. The molecule has 2 amide bonds. The number of thioether (sulfide) groups is 1. The minimum absolute atomic E-state index is 0.0172. The van der Waals surface area contributed by atoms with Crippen LogP contribution in [-0.4, -0.2) is 27.9 Å². The van der Waals surface area contributed by atoms with Crippen molar-refractivity contribution in [3.05, 3.63) is 52.4 Å². The number of hydrogen-bond donors (Lipinski definition) is 2. The first-order valence-electron chi connectivity index (χ1n) is 7.81. The van der Waals surface area contributed by atoms with E-state index in [9.17, 15) is 9.59 Å². The maximum Gasteiger partial charge on any atom is 0.240 e. The van der Waals surface area contributed by atoms with Gasteiger partial charge in [0.25, 0.3) is 0 Å². The summed E-state index contributed by atoms with van der Waals surface area (Å²) in [5.74, 6) is -0.0299. The zero-order valence-electron chi connectivity index (χ0n) is 14.0. The molecule has 0 spiro atoms. The Balaban J connectivity index is 1.58. The van der Waals surface area contributed by atoms with Crippen molar-refractivity contribution in [2.45, 2.75) is 18.6 Å². The van der Waals surface area contributed by atoms with Crippen molar-refractivity contribution >= 4 is 63.3 Å². The molecule has 1 aromatic carbocycles. The molecule has 0 unspecified atom stereocenters. The molecule has 1 atom stereocenters. The molecule has 0 saturated carbocycles. The molecule has 2 aromatic rings. The predicted molar refractivity (Wildman–Crippen MR) is 108 cm³/mol. The summed E-state index contributed by atoms with van der Waals surface area (Å²) >= 11 is 12.9. The number of carbonyl (C=O) groups excluding carboxylic acids is 2. The number of rotatable bonds is 5.